The van der Waals surface area contributed by atoms with Gasteiger partial charge in [-0.2, -0.15) is 4.98 Å². The molecule has 3 rings (SSSR count). The molecule has 0 aliphatic rings. The average molecular weight is 349 g/mol. The molecule has 0 saturated carbocycles. The molecule has 5 heteroatoms. The molecular formula is C21H23N3O2. The number of nitrogens with zero attached hydrogens (tertiary/aromatic N) is 2. The molecule has 1 amide bonds. The minimum atomic E-state index is 0.00754. The Morgan fingerprint density at radius 3 is 2.58 bits per heavy atom. The van der Waals surface area contributed by atoms with E-state index in [1.807, 2.05) is 49.4 Å². The first-order valence-electron chi connectivity index (χ1n) is 8.91. The van der Waals surface area contributed by atoms with Crippen LogP contribution in [0, 0.1) is 6.92 Å². The van der Waals surface area contributed by atoms with E-state index >= 15 is 0 Å². The predicted octanol–water partition coefficient (Wildman–Crippen LogP) is 3.73. The molecule has 3 aromatic rings. The lowest BCUT2D eigenvalue weighted by atomic mass is 10.1. The van der Waals surface area contributed by atoms with Gasteiger partial charge in [0, 0.05) is 24.9 Å². The second kappa shape index (κ2) is 8.94. The van der Waals surface area contributed by atoms with Gasteiger partial charge in [0.05, 0.1) is 0 Å². The number of aromatic nitrogens is 2. The molecule has 0 spiro atoms. The van der Waals surface area contributed by atoms with Crippen molar-refractivity contribution in [3.63, 3.8) is 0 Å². The maximum Gasteiger partial charge on any atom is 0.227 e. The summed E-state index contributed by atoms with van der Waals surface area (Å²) in [7, 11) is 0. The molecular weight excluding hydrogens is 326 g/mol. The SMILES string of the molecule is Cc1ccc(-c2noc(CCC(=O)NCCCc3ccccc3)n2)cc1. The van der Waals surface area contributed by atoms with Gasteiger partial charge in [-0.15, -0.1) is 0 Å². The first-order valence-corrected chi connectivity index (χ1v) is 8.91. The number of carbonyl (C=O) groups excluding carboxylic acids is 1. The molecule has 0 aliphatic heterocycles. The highest BCUT2D eigenvalue weighted by atomic mass is 16.5. The predicted molar refractivity (Wildman–Crippen MR) is 101 cm³/mol. The Balaban J connectivity index is 1.38. The summed E-state index contributed by atoms with van der Waals surface area (Å²) in [4.78, 5) is 16.3. The van der Waals surface area contributed by atoms with Crippen LogP contribution in [0.3, 0.4) is 0 Å². The summed E-state index contributed by atoms with van der Waals surface area (Å²) in [5, 5.41) is 6.92. The van der Waals surface area contributed by atoms with Crippen LogP contribution in [0.15, 0.2) is 59.1 Å². The molecule has 0 saturated heterocycles. The van der Waals surface area contributed by atoms with Crippen LogP contribution in [-0.4, -0.2) is 22.6 Å². The van der Waals surface area contributed by atoms with Gasteiger partial charge in [-0.05, 0) is 25.3 Å². The van der Waals surface area contributed by atoms with Crippen molar-refractivity contribution >= 4 is 5.91 Å². The second-order valence-electron chi connectivity index (χ2n) is 6.32. The maximum atomic E-state index is 11.9. The molecule has 0 radical (unpaired) electrons. The Morgan fingerprint density at radius 1 is 1.04 bits per heavy atom. The first kappa shape index (κ1) is 17.9. The maximum absolute atomic E-state index is 11.9. The van der Waals surface area contributed by atoms with Crippen LogP contribution in [0.4, 0.5) is 0 Å². The van der Waals surface area contributed by atoms with Crippen molar-refractivity contribution in [1.82, 2.24) is 15.5 Å². The molecule has 1 heterocycles. The zero-order chi connectivity index (χ0) is 18.2. The lowest BCUT2D eigenvalue weighted by Gasteiger charge is -2.04. The Hall–Kier alpha value is -2.95. The molecule has 1 N–H and O–H groups in total. The fourth-order valence-electron chi connectivity index (χ4n) is 2.65. The molecule has 0 aliphatic carbocycles. The van der Waals surface area contributed by atoms with Crippen LogP contribution >= 0.6 is 0 Å². The number of amides is 1. The normalized spacial score (nSPS) is 10.7. The number of carbonyl (C=O) groups is 1. The van der Waals surface area contributed by atoms with Crippen LogP contribution < -0.4 is 5.32 Å². The smallest absolute Gasteiger partial charge is 0.227 e. The summed E-state index contributed by atoms with van der Waals surface area (Å²) in [5.41, 5.74) is 3.38. The third-order valence-corrected chi connectivity index (χ3v) is 4.15. The number of aryl methyl sites for hydroxylation is 3. The van der Waals surface area contributed by atoms with Gasteiger partial charge in [0.15, 0.2) is 0 Å². The highest BCUT2D eigenvalue weighted by Crippen LogP contribution is 2.16. The van der Waals surface area contributed by atoms with Crippen molar-refractivity contribution < 1.29 is 9.32 Å². The molecule has 0 atom stereocenters. The standard InChI is InChI=1S/C21H23N3O2/c1-16-9-11-18(12-10-16)21-23-20(26-24-21)14-13-19(25)22-15-5-8-17-6-3-2-4-7-17/h2-4,6-7,9-12H,5,8,13-15H2,1H3,(H,22,25). The van der Waals surface area contributed by atoms with Gasteiger partial charge in [0.2, 0.25) is 17.6 Å². The first-order chi connectivity index (χ1) is 12.7. The fraction of sp³-hybridized carbons (Fsp3) is 0.286. The molecule has 2 aromatic carbocycles. The van der Waals surface area contributed by atoms with Crippen LogP contribution in [0.1, 0.15) is 29.9 Å². The van der Waals surface area contributed by atoms with E-state index < -0.39 is 0 Å². The number of hydrogen-bond donors (Lipinski definition) is 1. The monoisotopic (exact) mass is 349 g/mol. The van der Waals surface area contributed by atoms with Crippen molar-refractivity contribution in [2.24, 2.45) is 0 Å². The van der Waals surface area contributed by atoms with Crippen molar-refractivity contribution in [3.8, 4) is 11.4 Å². The Kier molecular flexibility index (Phi) is 6.14. The van der Waals surface area contributed by atoms with Crippen LogP contribution in [-0.2, 0) is 17.6 Å². The minimum Gasteiger partial charge on any atom is -0.356 e. The molecule has 1 aromatic heterocycles. The van der Waals surface area contributed by atoms with Crippen molar-refractivity contribution in [2.75, 3.05) is 6.54 Å². The largest absolute Gasteiger partial charge is 0.356 e. The van der Waals surface area contributed by atoms with Gasteiger partial charge in [0.25, 0.3) is 0 Å². The van der Waals surface area contributed by atoms with Gasteiger partial charge in [0.1, 0.15) is 0 Å². The van der Waals surface area contributed by atoms with E-state index in [0.29, 0.717) is 31.1 Å². The second-order valence-corrected chi connectivity index (χ2v) is 6.32. The lowest BCUT2D eigenvalue weighted by Crippen LogP contribution is -2.25. The summed E-state index contributed by atoms with van der Waals surface area (Å²) >= 11 is 0. The van der Waals surface area contributed by atoms with Crippen LogP contribution in [0.2, 0.25) is 0 Å². The number of hydrogen-bond acceptors (Lipinski definition) is 4. The van der Waals surface area contributed by atoms with Gasteiger partial charge >= 0.3 is 0 Å². The van der Waals surface area contributed by atoms with E-state index in [-0.39, 0.29) is 5.91 Å². The van der Waals surface area contributed by atoms with Crippen molar-refractivity contribution in [3.05, 3.63) is 71.6 Å². The van der Waals surface area contributed by atoms with Gasteiger partial charge in [-0.3, -0.25) is 4.79 Å². The van der Waals surface area contributed by atoms with E-state index in [2.05, 4.69) is 27.6 Å². The van der Waals surface area contributed by atoms with Gasteiger partial charge in [-0.25, -0.2) is 0 Å². The number of nitrogens with one attached hydrogen (secondary N) is 1. The highest BCUT2D eigenvalue weighted by molar-refractivity contribution is 5.76. The van der Waals surface area contributed by atoms with Gasteiger partial charge < -0.3 is 9.84 Å². The molecule has 26 heavy (non-hydrogen) atoms. The summed E-state index contributed by atoms with van der Waals surface area (Å²) < 4.78 is 5.24. The average Bonchev–Trinajstić information content (AvgIpc) is 3.14. The summed E-state index contributed by atoms with van der Waals surface area (Å²) in [5.74, 6) is 1.05. The molecule has 134 valence electrons. The Morgan fingerprint density at radius 2 is 1.81 bits per heavy atom. The van der Waals surface area contributed by atoms with E-state index in [1.165, 1.54) is 11.1 Å². The van der Waals surface area contributed by atoms with Gasteiger partial charge in [-0.1, -0.05) is 65.3 Å². The molecule has 5 nitrogen and oxygen atoms in total. The zero-order valence-corrected chi connectivity index (χ0v) is 14.9. The van der Waals surface area contributed by atoms with Crippen LogP contribution in [0.25, 0.3) is 11.4 Å². The summed E-state index contributed by atoms with van der Waals surface area (Å²) in [6, 6.07) is 18.2. The van der Waals surface area contributed by atoms with E-state index in [9.17, 15) is 4.79 Å². The van der Waals surface area contributed by atoms with E-state index in [0.717, 1.165) is 18.4 Å². The van der Waals surface area contributed by atoms with Crippen molar-refractivity contribution in [2.45, 2.75) is 32.6 Å². The minimum absolute atomic E-state index is 0.00754. The van der Waals surface area contributed by atoms with E-state index in [4.69, 9.17) is 4.52 Å². The van der Waals surface area contributed by atoms with Crippen LogP contribution in [0.5, 0.6) is 0 Å². The summed E-state index contributed by atoms with van der Waals surface area (Å²) in [6.45, 7) is 2.70. The Bertz CT molecular complexity index is 826. The van der Waals surface area contributed by atoms with Crippen molar-refractivity contribution in [1.29, 1.82) is 0 Å². The fourth-order valence-corrected chi connectivity index (χ4v) is 2.65. The topological polar surface area (TPSA) is 68.0 Å². The molecule has 0 unspecified atom stereocenters. The number of benzene rings is 2. The Labute approximate surface area is 153 Å². The molecule has 0 fully saturated rings. The lowest BCUT2D eigenvalue weighted by molar-refractivity contribution is -0.121. The molecule has 0 bridgehead atoms. The van der Waals surface area contributed by atoms with E-state index in [1.54, 1.807) is 0 Å². The summed E-state index contributed by atoms with van der Waals surface area (Å²) in [6.07, 6.45) is 2.68. The zero-order valence-electron chi connectivity index (χ0n) is 14.9. The third-order valence-electron chi connectivity index (χ3n) is 4.15. The number of rotatable bonds is 8. The third kappa shape index (κ3) is 5.28. The quantitative estimate of drug-likeness (QED) is 0.629. The highest BCUT2D eigenvalue weighted by Gasteiger charge is 2.10.